The van der Waals surface area contributed by atoms with Crippen molar-refractivity contribution < 1.29 is 9.53 Å². The van der Waals surface area contributed by atoms with Gasteiger partial charge in [0.2, 0.25) is 0 Å². The molecule has 0 atom stereocenters. The van der Waals surface area contributed by atoms with Crippen molar-refractivity contribution in [3.8, 4) is 11.8 Å². The van der Waals surface area contributed by atoms with Crippen LogP contribution in [0.3, 0.4) is 0 Å². The lowest BCUT2D eigenvalue weighted by Crippen LogP contribution is -2.00. The summed E-state index contributed by atoms with van der Waals surface area (Å²) < 4.78 is 6.37. The van der Waals surface area contributed by atoms with Crippen molar-refractivity contribution in [1.82, 2.24) is 0 Å². The molecular formula is C13H14BrNO2. The molecule has 1 rings (SSSR count). The van der Waals surface area contributed by atoms with Crippen LogP contribution < -0.4 is 4.74 Å². The van der Waals surface area contributed by atoms with Crippen molar-refractivity contribution in [3.05, 3.63) is 28.2 Å². The van der Waals surface area contributed by atoms with Crippen LogP contribution in [0.5, 0.6) is 5.75 Å². The van der Waals surface area contributed by atoms with E-state index >= 15 is 0 Å². The lowest BCUT2D eigenvalue weighted by atomic mass is 10.2. The van der Waals surface area contributed by atoms with E-state index in [0.29, 0.717) is 24.3 Å². The number of carbonyl (C=O) groups excluding carboxylic acids is 1. The third-order valence-corrected chi connectivity index (χ3v) is 2.74. The van der Waals surface area contributed by atoms with Gasteiger partial charge in [-0.05, 0) is 38.0 Å². The molecule has 0 aliphatic rings. The minimum Gasteiger partial charge on any atom is -0.492 e. The lowest BCUT2D eigenvalue weighted by molar-refractivity contribution is -0.117. The monoisotopic (exact) mass is 295 g/mol. The summed E-state index contributed by atoms with van der Waals surface area (Å²) in [6, 6.07) is 7.42. The number of nitriles is 1. The van der Waals surface area contributed by atoms with Crippen molar-refractivity contribution >= 4 is 21.7 Å². The summed E-state index contributed by atoms with van der Waals surface area (Å²) >= 11 is 3.30. The maximum Gasteiger partial charge on any atom is 0.137 e. The Morgan fingerprint density at radius 1 is 1.47 bits per heavy atom. The maximum absolute atomic E-state index is 10.7. The van der Waals surface area contributed by atoms with E-state index < -0.39 is 0 Å². The smallest absolute Gasteiger partial charge is 0.137 e. The molecule has 3 nitrogen and oxygen atoms in total. The fraction of sp³-hybridized carbons (Fsp3) is 0.385. The highest BCUT2D eigenvalue weighted by Gasteiger charge is 2.03. The Bertz CT molecular complexity index is 438. The minimum absolute atomic E-state index is 0.200. The van der Waals surface area contributed by atoms with Crippen LogP contribution in [0.1, 0.15) is 31.7 Å². The van der Waals surface area contributed by atoms with Gasteiger partial charge < -0.3 is 9.53 Å². The second-order valence-corrected chi connectivity index (χ2v) is 4.68. The van der Waals surface area contributed by atoms with Crippen molar-refractivity contribution in [2.45, 2.75) is 26.2 Å². The van der Waals surface area contributed by atoms with Crippen LogP contribution in [0.2, 0.25) is 0 Å². The van der Waals surface area contributed by atoms with Gasteiger partial charge in [0.15, 0.2) is 0 Å². The van der Waals surface area contributed by atoms with E-state index in [9.17, 15) is 4.79 Å². The Balaban J connectivity index is 2.42. The van der Waals surface area contributed by atoms with Gasteiger partial charge in [-0.3, -0.25) is 0 Å². The summed E-state index contributed by atoms with van der Waals surface area (Å²) in [7, 11) is 0. The van der Waals surface area contributed by atoms with Gasteiger partial charge in [-0.15, -0.1) is 0 Å². The molecule has 0 aliphatic heterocycles. The third-order valence-electron chi connectivity index (χ3n) is 2.24. The second-order valence-electron chi connectivity index (χ2n) is 3.76. The van der Waals surface area contributed by atoms with E-state index in [4.69, 9.17) is 10.00 Å². The average Bonchev–Trinajstić information content (AvgIpc) is 2.29. The first-order chi connectivity index (χ1) is 8.13. The van der Waals surface area contributed by atoms with Crippen LogP contribution >= 0.6 is 15.9 Å². The number of halogens is 1. The summed E-state index contributed by atoms with van der Waals surface area (Å²) in [6.45, 7) is 2.12. The molecule has 0 saturated heterocycles. The molecule has 4 heteroatoms. The first kappa shape index (κ1) is 13.7. The number of rotatable bonds is 6. The number of hydrogen-bond donors (Lipinski definition) is 0. The summed E-state index contributed by atoms with van der Waals surface area (Å²) in [5.74, 6) is 0.796. The molecule has 0 amide bonds. The van der Waals surface area contributed by atoms with Crippen molar-refractivity contribution in [2.75, 3.05) is 6.61 Å². The molecule has 0 heterocycles. The molecule has 1 aromatic rings. The van der Waals surface area contributed by atoms with Crippen LogP contribution in [-0.4, -0.2) is 12.4 Å². The van der Waals surface area contributed by atoms with Crippen LogP contribution in [0.4, 0.5) is 0 Å². The van der Waals surface area contributed by atoms with Crippen LogP contribution in [-0.2, 0) is 4.79 Å². The molecule has 0 aliphatic carbocycles. The molecule has 17 heavy (non-hydrogen) atoms. The number of ether oxygens (including phenoxy) is 1. The molecule has 1 aromatic carbocycles. The van der Waals surface area contributed by atoms with Crippen LogP contribution in [0.25, 0.3) is 0 Å². The molecule has 0 aromatic heterocycles. The van der Waals surface area contributed by atoms with Gasteiger partial charge in [0.25, 0.3) is 0 Å². The topological polar surface area (TPSA) is 50.1 Å². The van der Waals surface area contributed by atoms with Gasteiger partial charge in [0, 0.05) is 10.9 Å². The Labute approximate surface area is 110 Å². The number of carbonyl (C=O) groups is 1. The zero-order valence-corrected chi connectivity index (χ0v) is 11.3. The molecule has 0 bridgehead atoms. The van der Waals surface area contributed by atoms with Gasteiger partial charge in [-0.1, -0.05) is 15.9 Å². The Morgan fingerprint density at radius 3 is 2.88 bits per heavy atom. The van der Waals surface area contributed by atoms with E-state index in [-0.39, 0.29) is 5.78 Å². The number of unbranched alkanes of at least 4 members (excludes halogenated alkanes) is 1. The highest BCUT2D eigenvalue weighted by atomic mass is 79.9. The van der Waals surface area contributed by atoms with Crippen molar-refractivity contribution in [1.29, 1.82) is 5.26 Å². The van der Waals surface area contributed by atoms with E-state index in [1.165, 1.54) is 0 Å². The standard InChI is InChI=1S/C13H14BrNO2/c1-10(16)4-2-3-7-17-13-6-5-12(14)8-11(13)9-15/h5-6,8H,2-4,7H2,1H3. The van der Waals surface area contributed by atoms with Gasteiger partial charge in [0.05, 0.1) is 12.2 Å². The predicted octanol–water partition coefficient (Wildman–Crippen LogP) is 3.46. The molecule has 90 valence electrons. The van der Waals surface area contributed by atoms with E-state index in [2.05, 4.69) is 22.0 Å². The highest BCUT2D eigenvalue weighted by molar-refractivity contribution is 9.10. The molecule has 0 unspecified atom stereocenters. The maximum atomic E-state index is 10.7. The number of ketones is 1. The zero-order chi connectivity index (χ0) is 12.7. The Kier molecular flexibility index (Phi) is 5.71. The average molecular weight is 296 g/mol. The summed E-state index contributed by atoms with van der Waals surface area (Å²) in [5, 5.41) is 8.92. The summed E-state index contributed by atoms with van der Waals surface area (Å²) in [4.78, 5) is 10.7. The fourth-order valence-corrected chi connectivity index (χ4v) is 1.73. The Morgan fingerprint density at radius 2 is 2.24 bits per heavy atom. The minimum atomic E-state index is 0.200. The molecule has 0 radical (unpaired) electrons. The van der Waals surface area contributed by atoms with Gasteiger partial charge in [-0.2, -0.15) is 5.26 Å². The molecule has 0 spiro atoms. The van der Waals surface area contributed by atoms with Crippen LogP contribution in [0, 0.1) is 11.3 Å². The van der Waals surface area contributed by atoms with Crippen LogP contribution in [0.15, 0.2) is 22.7 Å². The lowest BCUT2D eigenvalue weighted by Gasteiger charge is -2.07. The molecule has 0 N–H and O–H groups in total. The largest absolute Gasteiger partial charge is 0.492 e. The second kappa shape index (κ2) is 7.08. The third kappa shape index (κ3) is 5.01. The van der Waals surface area contributed by atoms with E-state index in [1.54, 1.807) is 19.1 Å². The SMILES string of the molecule is CC(=O)CCCCOc1ccc(Br)cc1C#N. The van der Waals surface area contributed by atoms with Crippen molar-refractivity contribution in [2.24, 2.45) is 0 Å². The number of hydrogen-bond acceptors (Lipinski definition) is 3. The summed E-state index contributed by atoms with van der Waals surface area (Å²) in [6.07, 6.45) is 2.24. The molecule has 0 saturated carbocycles. The molecular weight excluding hydrogens is 282 g/mol. The number of Topliss-reactive ketones (excluding diaryl/α,β-unsaturated/α-hetero) is 1. The van der Waals surface area contributed by atoms with Gasteiger partial charge in [-0.25, -0.2) is 0 Å². The quantitative estimate of drug-likeness (QED) is 0.755. The molecule has 0 fully saturated rings. The van der Waals surface area contributed by atoms with E-state index in [1.807, 2.05) is 6.07 Å². The number of benzene rings is 1. The Hall–Kier alpha value is -1.34. The predicted molar refractivity (Wildman–Crippen MR) is 68.9 cm³/mol. The van der Waals surface area contributed by atoms with Crippen molar-refractivity contribution in [3.63, 3.8) is 0 Å². The van der Waals surface area contributed by atoms with E-state index in [0.717, 1.165) is 17.3 Å². The zero-order valence-electron chi connectivity index (χ0n) is 9.70. The summed E-state index contributed by atoms with van der Waals surface area (Å²) in [5.41, 5.74) is 0.519. The highest BCUT2D eigenvalue weighted by Crippen LogP contribution is 2.22. The normalized spacial score (nSPS) is 9.71. The van der Waals surface area contributed by atoms with Gasteiger partial charge >= 0.3 is 0 Å². The van der Waals surface area contributed by atoms with Gasteiger partial charge in [0.1, 0.15) is 17.6 Å². The fourth-order valence-electron chi connectivity index (χ4n) is 1.37. The first-order valence-corrected chi connectivity index (χ1v) is 6.24. The first-order valence-electron chi connectivity index (χ1n) is 5.45. The number of nitrogens with zero attached hydrogens (tertiary/aromatic N) is 1.